The van der Waals surface area contributed by atoms with Crippen molar-refractivity contribution in [1.82, 2.24) is 0 Å². The summed E-state index contributed by atoms with van der Waals surface area (Å²) >= 11 is 0. The largest absolute Gasteiger partial charge is 0.325 e. The molecule has 0 aromatic carbocycles. The van der Waals surface area contributed by atoms with Crippen molar-refractivity contribution in [3.63, 3.8) is 0 Å². The number of hydrogen-bond acceptors (Lipinski definition) is 2. The first-order valence-corrected chi connectivity index (χ1v) is 3.91. The second-order valence-electron chi connectivity index (χ2n) is 1.42. The van der Waals surface area contributed by atoms with Gasteiger partial charge in [0.2, 0.25) is 0 Å². The first-order chi connectivity index (χ1) is 4.56. The Morgan fingerprint density at radius 2 is 1.80 bits per heavy atom. The van der Waals surface area contributed by atoms with Crippen molar-refractivity contribution in [1.29, 1.82) is 0 Å². The summed E-state index contributed by atoms with van der Waals surface area (Å²) in [6.07, 6.45) is 5.39. The number of halogens is 1. The van der Waals surface area contributed by atoms with E-state index in [0.29, 0.717) is 5.41 Å². The summed E-state index contributed by atoms with van der Waals surface area (Å²) in [6, 6.07) is 0. The summed E-state index contributed by atoms with van der Waals surface area (Å²) in [5, 5.41) is 0.465. The van der Waals surface area contributed by atoms with Crippen LogP contribution in [0.5, 0.6) is 0 Å². The topological polar surface area (TPSA) is 34.1 Å². The maximum Gasteiger partial charge on any atom is 0.325 e. The average molecular weight is 162 g/mol. The zero-order valence-electron chi connectivity index (χ0n) is 5.20. The van der Waals surface area contributed by atoms with Crippen LogP contribution < -0.4 is 0 Å². The van der Waals surface area contributed by atoms with Gasteiger partial charge in [0.05, 0.1) is 5.41 Å². The van der Waals surface area contributed by atoms with Crippen LogP contribution >= 0.6 is 0 Å². The second kappa shape index (κ2) is 4.00. The molecule has 0 unspecified atom stereocenters. The van der Waals surface area contributed by atoms with Crippen molar-refractivity contribution in [3.8, 4) is 0 Å². The highest BCUT2D eigenvalue weighted by Gasteiger charge is 1.94. The molecule has 0 fully saturated rings. The molecule has 0 saturated heterocycles. The van der Waals surface area contributed by atoms with E-state index in [9.17, 15) is 12.3 Å². The Hall–Kier alpha value is -0.900. The molecule has 0 bridgehead atoms. The third-order valence-corrected chi connectivity index (χ3v) is 1.08. The molecule has 10 heavy (non-hydrogen) atoms. The van der Waals surface area contributed by atoms with E-state index < -0.39 is 10.2 Å². The molecule has 0 atom stereocenters. The normalized spacial score (nSPS) is 12.9. The highest BCUT2D eigenvalue weighted by atomic mass is 32.3. The fourth-order valence-electron chi connectivity index (χ4n) is 0.282. The van der Waals surface area contributed by atoms with Crippen molar-refractivity contribution in [2.45, 2.75) is 0 Å². The Morgan fingerprint density at radius 1 is 1.20 bits per heavy atom. The highest BCUT2D eigenvalue weighted by Crippen LogP contribution is 1.92. The molecule has 0 aliphatic heterocycles. The first kappa shape index (κ1) is 9.10. The quantitative estimate of drug-likeness (QED) is 0.466. The Labute approximate surface area is 59.6 Å². The molecule has 0 rings (SSSR count). The molecular weight excluding hydrogens is 155 g/mol. The second-order valence-corrected chi connectivity index (χ2v) is 2.65. The summed E-state index contributed by atoms with van der Waals surface area (Å²) in [6.45, 7) is 3.33. The fourth-order valence-corrected chi connectivity index (χ4v) is 0.560. The standard InChI is InChI=1S/C6H7FO2S/c1-2-3-4-5-6-10(7,8)9/h2-6H,1H2/b4-3+,6-5?. The molecule has 0 aromatic rings. The van der Waals surface area contributed by atoms with Crippen LogP contribution in [0.4, 0.5) is 3.89 Å². The maximum absolute atomic E-state index is 11.6. The van der Waals surface area contributed by atoms with Gasteiger partial charge in [-0.1, -0.05) is 24.8 Å². The fraction of sp³-hybridized carbons (Fsp3) is 0. The summed E-state index contributed by atoms with van der Waals surface area (Å²) in [7, 11) is -4.47. The molecule has 0 spiro atoms. The molecular formula is C6H7FO2S. The lowest BCUT2D eigenvalue weighted by molar-refractivity contribution is 0.563. The SMILES string of the molecule is C=C/C=C/C=CS(=O)(=O)F. The molecule has 4 heteroatoms. The van der Waals surface area contributed by atoms with Gasteiger partial charge in [-0.15, -0.1) is 3.89 Å². The van der Waals surface area contributed by atoms with Gasteiger partial charge in [0.25, 0.3) is 0 Å². The minimum Gasteiger partial charge on any atom is -0.190 e. The van der Waals surface area contributed by atoms with Crippen LogP contribution in [0.2, 0.25) is 0 Å². The Kier molecular flexibility index (Phi) is 3.64. The van der Waals surface area contributed by atoms with Crippen LogP contribution in [0.1, 0.15) is 0 Å². The molecule has 0 aliphatic rings. The van der Waals surface area contributed by atoms with Gasteiger partial charge in [-0.25, -0.2) is 0 Å². The Bertz CT molecular complexity index is 249. The summed E-state index contributed by atoms with van der Waals surface area (Å²) in [5.74, 6) is 0. The van der Waals surface area contributed by atoms with Crippen LogP contribution in [0.15, 0.2) is 36.3 Å². The third kappa shape index (κ3) is 7.10. The summed E-state index contributed by atoms with van der Waals surface area (Å²) in [4.78, 5) is 0. The van der Waals surface area contributed by atoms with E-state index in [0.717, 1.165) is 6.08 Å². The number of hydrogen-bond donors (Lipinski definition) is 0. The lowest BCUT2D eigenvalue weighted by atomic mass is 10.5. The molecule has 2 nitrogen and oxygen atoms in total. The van der Waals surface area contributed by atoms with Crippen LogP contribution in [0, 0.1) is 0 Å². The summed E-state index contributed by atoms with van der Waals surface area (Å²) in [5.41, 5.74) is 0. The third-order valence-electron chi connectivity index (χ3n) is 0.599. The molecule has 0 aliphatic carbocycles. The van der Waals surface area contributed by atoms with Gasteiger partial charge < -0.3 is 0 Å². The summed E-state index contributed by atoms with van der Waals surface area (Å²) < 4.78 is 31.2. The average Bonchev–Trinajstić information content (AvgIpc) is 1.78. The number of allylic oxidation sites excluding steroid dienone is 4. The molecule has 0 radical (unpaired) electrons. The highest BCUT2D eigenvalue weighted by molar-refractivity contribution is 7.89. The predicted octanol–water partition coefficient (Wildman–Crippen LogP) is 1.54. The van der Waals surface area contributed by atoms with Gasteiger partial charge >= 0.3 is 10.2 Å². The zero-order valence-corrected chi connectivity index (χ0v) is 6.01. The van der Waals surface area contributed by atoms with Gasteiger partial charge in [0.15, 0.2) is 0 Å². The van der Waals surface area contributed by atoms with E-state index >= 15 is 0 Å². The molecule has 56 valence electrons. The molecule has 0 amide bonds. The minimum absolute atomic E-state index is 0.465. The van der Waals surface area contributed by atoms with Crippen LogP contribution in [-0.4, -0.2) is 8.42 Å². The number of rotatable bonds is 3. The smallest absolute Gasteiger partial charge is 0.190 e. The molecule has 0 aromatic heterocycles. The van der Waals surface area contributed by atoms with Crippen molar-refractivity contribution in [3.05, 3.63) is 36.3 Å². The van der Waals surface area contributed by atoms with Crippen molar-refractivity contribution < 1.29 is 12.3 Å². The van der Waals surface area contributed by atoms with Crippen molar-refractivity contribution >= 4 is 10.2 Å². The Morgan fingerprint density at radius 3 is 2.20 bits per heavy atom. The molecule has 0 heterocycles. The molecule has 0 N–H and O–H groups in total. The van der Waals surface area contributed by atoms with Gasteiger partial charge in [-0.3, -0.25) is 0 Å². The van der Waals surface area contributed by atoms with Gasteiger partial charge in [-0.05, 0) is 6.08 Å². The van der Waals surface area contributed by atoms with Crippen molar-refractivity contribution in [2.75, 3.05) is 0 Å². The first-order valence-electron chi connectivity index (χ1n) is 2.46. The van der Waals surface area contributed by atoms with E-state index in [2.05, 4.69) is 6.58 Å². The van der Waals surface area contributed by atoms with Crippen molar-refractivity contribution in [2.24, 2.45) is 0 Å². The van der Waals surface area contributed by atoms with Crippen LogP contribution in [0.25, 0.3) is 0 Å². The van der Waals surface area contributed by atoms with E-state index in [4.69, 9.17) is 0 Å². The van der Waals surface area contributed by atoms with E-state index in [-0.39, 0.29) is 0 Å². The molecule has 0 saturated carbocycles. The predicted molar refractivity (Wildman–Crippen MR) is 38.5 cm³/mol. The van der Waals surface area contributed by atoms with Gasteiger partial charge in [0, 0.05) is 0 Å². The lowest BCUT2D eigenvalue weighted by Gasteiger charge is -1.75. The van der Waals surface area contributed by atoms with E-state index in [1.165, 1.54) is 18.2 Å². The van der Waals surface area contributed by atoms with Gasteiger partial charge in [-0.2, -0.15) is 8.42 Å². The maximum atomic E-state index is 11.6. The van der Waals surface area contributed by atoms with Gasteiger partial charge in [0.1, 0.15) is 0 Å². The van der Waals surface area contributed by atoms with Crippen LogP contribution in [-0.2, 0) is 10.2 Å². The van der Waals surface area contributed by atoms with Crippen LogP contribution in [0.3, 0.4) is 0 Å². The monoisotopic (exact) mass is 162 g/mol. The Balaban J connectivity index is 4.03. The minimum atomic E-state index is -4.47. The lowest BCUT2D eigenvalue weighted by Crippen LogP contribution is -1.78. The van der Waals surface area contributed by atoms with E-state index in [1.54, 1.807) is 0 Å². The zero-order chi connectivity index (χ0) is 8.04. The van der Waals surface area contributed by atoms with E-state index in [1.807, 2.05) is 0 Å².